The number of amides is 1. The number of nitrogen functional groups attached to an aromatic ring is 1. The third-order valence-corrected chi connectivity index (χ3v) is 9.68. The number of benzene rings is 2. The van der Waals surface area contributed by atoms with Crippen molar-refractivity contribution >= 4 is 34.7 Å². The summed E-state index contributed by atoms with van der Waals surface area (Å²) in [5.74, 6) is -0.726. The smallest absolute Gasteiger partial charge is 0.387 e. The predicted octanol–water partition coefficient (Wildman–Crippen LogP) is 4.80. The van der Waals surface area contributed by atoms with E-state index in [1.54, 1.807) is 23.1 Å². The van der Waals surface area contributed by atoms with Crippen molar-refractivity contribution in [3.05, 3.63) is 89.3 Å². The van der Waals surface area contributed by atoms with Gasteiger partial charge in [-0.1, -0.05) is 41.9 Å². The van der Waals surface area contributed by atoms with Crippen LogP contribution in [0.2, 0.25) is 5.02 Å². The number of anilines is 2. The number of ether oxygens (including phenoxy) is 1. The van der Waals surface area contributed by atoms with Crippen molar-refractivity contribution < 1.29 is 23.4 Å². The lowest BCUT2D eigenvalue weighted by atomic mass is 10.1. The SMILES string of the molecule is Nc1nn2cccnc2c1C(=O)Nc1cn(C2CCN(CCCN3CCN(Cc4ccccc4)C3O)CC2)nc1-c1cc(Cl)ccc1OC(F)F. The first-order valence-electron chi connectivity index (χ1n) is 16.9. The molecule has 0 saturated carbocycles. The fraction of sp³-hybridized carbons (Fsp3) is 0.371. The minimum absolute atomic E-state index is 0.0132. The number of piperidine rings is 1. The Bertz CT molecular complexity index is 1970. The number of nitrogens with two attached hydrogens (primary N) is 1. The average molecular weight is 721 g/mol. The highest BCUT2D eigenvalue weighted by molar-refractivity contribution is 6.31. The van der Waals surface area contributed by atoms with Crippen LogP contribution in [0.5, 0.6) is 5.75 Å². The number of fused-ring (bicyclic) bond motifs is 1. The van der Waals surface area contributed by atoms with Gasteiger partial charge in [0.15, 0.2) is 17.8 Å². The van der Waals surface area contributed by atoms with Crippen molar-refractivity contribution in [3.8, 4) is 17.0 Å². The second-order valence-electron chi connectivity index (χ2n) is 12.8. The summed E-state index contributed by atoms with van der Waals surface area (Å²) in [5.41, 5.74) is 8.32. The van der Waals surface area contributed by atoms with E-state index >= 15 is 0 Å². The number of aromatic nitrogens is 5. The molecule has 5 aromatic rings. The summed E-state index contributed by atoms with van der Waals surface area (Å²) < 4.78 is 34.9. The van der Waals surface area contributed by atoms with Crippen molar-refractivity contribution in [2.45, 2.75) is 44.8 Å². The Hall–Kier alpha value is -4.67. The van der Waals surface area contributed by atoms with Crippen LogP contribution >= 0.6 is 11.6 Å². The molecule has 1 unspecified atom stereocenters. The molecule has 0 radical (unpaired) electrons. The summed E-state index contributed by atoms with van der Waals surface area (Å²) in [6.45, 7) is 2.63. The van der Waals surface area contributed by atoms with Gasteiger partial charge in [0.1, 0.15) is 17.0 Å². The van der Waals surface area contributed by atoms with Crippen LogP contribution in [-0.4, -0.2) is 102 Å². The van der Waals surface area contributed by atoms with Crippen LogP contribution in [0.1, 0.15) is 41.2 Å². The van der Waals surface area contributed by atoms with Crippen molar-refractivity contribution in [2.75, 3.05) is 50.3 Å². The highest BCUT2D eigenvalue weighted by Crippen LogP contribution is 2.38. The Morgan fingerprint density at radius 3 is 2.61 bits per heavy atom. The summed E-state index contributed by atoms with van der Waals surface area (Å²) in [5, 5.41) is 23.0. The van der Waals surface area contributed by atoms with Crippen molar-refractivity contribution in [1.29, 1.82) is 0 Å². The van der Waals surface area contributed by atoms with E-state index in [-0.39, 0.29) is 50.8 Å². The number of hydrogen-bond donors (Lipinski definition) is 3. The molecule has 2 saturated heterocycles. The van der Waals surface area contributed by atoms with Crippen molar-refractivity contribution in [1.82, 2.24) is 39.1 Å². The molecule has 4 N–H and O–H groups in total. The molecule has 268 valence electrons. The van der Waals surface area contributed by atoms with Crippen molar-refractivity contribution in [3.63, 3.8) is 0 Å². The first-order chi connectivity index (χ1) is 24.7. The zero-order valence-electron chi connectivity index (χ0n) is 27.8. The fourth-order valence-corrected chi connectivity index (χ4v) is 7.06. The topological polar surface area (TPSA) is 142 Å². The van der Waals surface area contributed by atoms with E-state index in [2.05, 4.69) is 42.2 Å². The first-order valence-corrected chi connectivity index (χ1v) is 17.3. The molecule has 1 amide bonds. The first kappa shape index (κ1) is 34.8. The van der Waals surface area contributed by atoms with Crippen LogP contribution in [-0.2, 0) is 6.54 Å². The second-order valence-corrected chi connectivity index (χ2v) is 13.2. The van der Waals surface area contributed by atoms with E-state index in [0.29, 0.717) is 0 Å². The van der Waals surface area contributed by atoms with Crippen LogP contribution in [0, 0.1) is 0 Å². The molecule has 1 atom stereocenters. The number of rotatable bonds is 12. The van der Waals surface area contributed by atoms with Gasteiger partial charge in [0.2, 0.25) is 0 Å². The molecule has 13 nitrogen and oxygen atoms in total. The summed E-state index contributed by atoms with van der Waals surface area (Å²) >= 11 is 6.31. The zero-order chi connectivity index (χ0) is 35.5. The van der Waals surface area contributed by atoms with Gasteiger partial charge in [-0.05, 0) is 55.6 Å². The highest BCUT2D eigenvalue weighted by atomic mass is 35.5. The monoisotopic (exact) mass is 720 g/mol. The van der Waals surface area contributed by atoms with E-state index < -0.39 is 18.9 Å². The third kappa shape index (κ3) is 7.82. The molecular formula is C35H39ClF2N10O3. The van der Waals surface area contributed by atoms with E-state index in [0.717, 1.165) is 65.1 Å². The number of halogens is 3. The normalized spacial score (nSPS) is 17.9. The maximum Gasteiger partial charge on any atom is 0.387 e. The Kier molecular flexibility index (Phi) is 10.4. The molecule has 2 fully saturated rings. The molecule has 2 aliphatic heterocycles. The molecular weight excluding hydrogens is 682 g/mol. The van der Waals surface area contributed by atoms with E-state index in [1.807, 2.05) is 18.2 Å². The standard InChI is InChI=1S/C35H39ClF2N10O3/c36-24-8-9-28(51-34(37)38)26(20-24)30-27(41-33(49)29-31(39)43-47-15-4-12-40-32(29)47)22-48(42-30)25-10-16-44(17-11-25)13-5-14-45-18-19-46(35(45)50)21-23-6-2-1-3-7-23/h1-4,6-9,12,15,20,22,25,34-35,50H,5,10-11,13-14,16-19,21H2,(H2,39,43)(H,41,49). The van der Waals surface area contributed by atoms with Crippen LogP contribution in [0.15, 0.2) is 73.2 Å². The van der Waals surface area contributed by atoms with Crippen LogP contribution < -0.4 is 15.8 Å². The van der Waals surface area contributed by atoms with Gasteiger partial charge in [-0.2, -0.15) is 13.9 Å². The number of carbonyl (C=O) groups is 1. The number of hydrogen-bond acceptors (Lipinski definition) is 10. The van der Waals surface area contributed by atoms with Gasteiger partial charge < -0.3 is 25.8 Å². The molecule has 16 heteroatoms. The minimum Gasteiger partial charge on any atom is -0.434 e. The average Bonchev–Trinajstić information content (AvgIpc) is 3.80. The Morgan fingerprint density at radius 1 is 1.04 bits per heavy atom. The van der Waals surface area contributed by atoms with Crippen LogP contribution in [0.4, 0.5) is 20.3 Å². The summed E-state index contributed by atoms with van der Waals surface area (Å²) in [6.07, 6.45) is 6.75. The maximum absolute atomic E-state index is 13.6. The number of alkyl halides is 2. The fourth-order valence-electron chi connectivity index (χ4n) is 6.89. The highest BCUT2D eigenvalue weighted by Gasteiger charge is 2.31. The van der Waals surface area contributed by atoms with Gasteiger partial charge in [-0.25, -0.2) is 9.50 Å². The minimum atomic E-state index is -3.08. The molecule has 7 rings (SSSR count). The van der Waals surface area contributed by atoms with Gasteiger partial charge in [-0.3, -0.25) is 19.3 Å². The molecule has 2 aliphatic rings. The number of nitrogens with zero attached hydrogens (tertiary/aromatic N) is 8. The molecule has 3 aromatic heterocycles. The van der Waals surface area contributed by atoms with Crippen LogP contribution in [0.3, 0.4) is 0 Å². The number of nitrogens with one attached hydrogen (secondary N) is 1. The van der Waals surface area contributed by atoms with Gasteiger partial charge in [0, 0.05) is 68.4 Å². The quantitative estimate of drug-likeness (QED) is 0.165. The molecule has 5 heterocycles. The van der Waals surface area contributed by atoms with Gasteiger partial charge >= 0.3 is 6.61 Å². The lowest BCUT2D eigenvalue weighted by Gasteiger charge is -2.32. The number of aliphatic hydroxyl groups is 1. The summed E-state index contributed by atoms with van der Waals surface area (Å²) in [6, 6.07) is 16.1. The number of carbonyl (C=O) groups excluding carboxylic acids is 1. The molecule has 2 aromatic carbocycles. The van der Waals surface area contributed by atoms with Gasteiger partial charge in [0.25, 0.3) is 5.91 Å². The molecule has 51 heavy (non-hydrogen) atoms. The Balaban J connectivity index is 1.03. The largest absolute Gasteiger partial charge is 0.434 e. The molecule has 0 aliphatic carbocycles. The zero-order valence-corrected chi connectivity index (χ0v) is 28.5. The lowest BCUT2D eigenvalue weighted by molar-refractivity contribution is -0.0619. The van der Waals surface area contributed by atoms with E-state index in [1.165, 1.54) is 34.5 Å². The number of likely N-dealkylation sites (tertiary alicyclic amines) is 1. The Labute approximate surface area is 298 Å². The second kappa shape index (κ2) is 15.3. The predicted molar refractivity (Wildman–Crippen MR) is 188 cm³/mol. The van der Waals surface area contributed by atoms with E-state index in [9.17, 15) is 18.7 Å². The maximum atomic E-state index is 13.6. The third-order valence-electron chi connectivity index (χ3n) is 9.45. The molecule has 0 spiro atoms. The summed E-state index contributed by atoms with van der Waals surface area (Å²) in [7, 11) is 0. The van der Waals surface area contributed by atoms with Crippen LogP contribution in [0.25, 0.3) is 16.9 Å². The number of aliphatic hydroxyl groups excluding tert-OH is 1. The van der Waals surface area contributed by atoms with E-state index in [4.69, 9.17) is 27.2 Å². The molecule has 0 bridgehead atoms. The van der Waals surface area contributed by atoms with Crippen molar-refractivity contribution in [2.24, 2.45) is 0 Å². The Morgan fingerprint density at radius 2 is 1.82 bits per heavy atom. The lowest BCUT2D eigenvalue weighted by Crippen LogP contribution is -2.40. The van der Waals surface area contributed by atoms with Gasteiger partial charge in [0.05, 0.1) is 11.7 Å². The summed E-state index contributed by atoms with van der Waals surface area (Å²) in [4.78, 5) is 24.5. The van der Waals surface area contributed by atoms with Gasteiger partial charge in [-0.15, -0.1) is 5.10 Å².